The van der Waals surface area contributed by atoms with Crippen LogP contribution in [-0.2, 0) is 17.9 Å². The third-order valence-electron chi connectivity index (χ3n) is 2.41. The van der Waals surface area contributed by atoms with Crippen LogP contribution in [0.5, 0.6) is 0 Å². The number of nitrogens with one attached hydrogen (secondary N) is 1. The van der Waals surface area contributed by atoms with Gasteiger partial charge in [-0.3, -0.25) is 4.79 Å². The Morgan fingerprint density at radius 2 is 2.28 bits per heavy atom. The zero-order valence-electron chi connectivity index (χ0n) is 10.6. The van der Waals surface area contributed by atoms with Crippen LogP contribution < -0.4 is 5.32 Å². The van der Waals surface area contributed by atoms with E-state index in [-0.39, 0.29) is 5.91 Å². The summed E-state index contributed by atoms with van der Waals surface area (Å²) in [7, 11) is 0. The maximum absolute atomic E-state index is 10.8. The van der Waals surface area contributed by atoms with E-state index in [2.05, 4.69) is 20.6 Å². The van der Waals surface area contributed by atoms with Crippen molar-refractivity contribution in [2.24, 2.45) is 0 Å². The van der Waals surface area contributed by atoms with Crippen LogP contribution in [-0.4, -0.2) is 25.9 Å². The minimum absolute atomic E-state index is 0.0709. The number of rotatable bonds is 4. The molecule has 1 amide bonds. The summed E-state index contributed by atoms with van der Waals surface area (Å²) in [6.45, 7) is 6.55. The summed E-state index contributed by atoms with van der Waals surface area (Å²) < 4.78 is 1.76. The Hall–Kier alpha value is -1.76. The molecule has 2 rings (SSSR count). The van der Waals surface area contributed by atoms with Gasteiger partial charge >= 0.3 is 0 Å². The van der Waals surface area contributed by atoms with Gasteiger partial charge in [-0.25, -0.2) is 9.67 Å². The third-order valence-corrected chi connectivity index (χ3v) is 3.47. The second-order valence-corrected chi connectivity index (χ2v) is 5.35. The van der Waals surface area contributed by atoms with Crippen molar-refractivity contribution in [2.45, 2.75) is 33.9 Å². The number of nitrogens with zero attached hydrogens (tertiary/aromatic N) is 4. The fourth-order valence-corrected chi connectivity index (χ4v) is 2.51. The van der Waals surface area contributed by atoms with Crippen molar-refractivity contribution >= 4 is 17.2 Å². The van der Waals surface area contributed by atoms with Crippen molar-refractivity contribution in [1.82, 2.24) is 25.3 Å². The number of hydrogen-bond acceptors (Lipinski definition) is 5. The minimum atomic E-state index is -0.0709. The normalized spacial score (nSPS) is 10.6. The van der Waals surface area contributed by atoms with E-state index in [0.29, 0.717) is 13.1 Å². The lowest BCUT2D eigenvalue weighted by Crippen LogP contribution is -2.19. The van der Waals surface area contributed by atoms with Gasteiger partial charge in [0.15, 0.2) is 0 Å². The molecule has 0 bridgehead atoms. The Morgan fingerprint density at radius 3 is 2.89 bits per heavy atom. The summed E-state index contributed by atoms with van der Waals surface area (Å²) in [4.78, 5) is 16.3. The lowest BCUT2D eigenvalue weighted by Gasteiger charge is -1.98. The molecule has 0 fully saturated rings. The predicted octanol–water partition coefficient (Wildman–Crippen LogP) is 1.04. The van der Waals surface area contributed by atoms with E-state index in [1.807, 2.05) is 20.0 Å². The van der Waals surface area contributed by atoms with Crippen LogP contribution in [0.2, 0.25) is 0 Å². The number of aromatic nitrogens is 4. The van der Waals surface area contributed by atoms with Crippen molar-refractivity contribution in [2.75, 3.05) is 0 Å². The molecular weight excluding hydrogens is 250 g/mol. The maximum atomic E-state index is 10.8. The van der Waals surface area contributed by atoms with Crippen LogP contribution in [0.25, 0.3) is 0 Å². The van der Waals surface area contributed by atoms with Gasteiger partial charge in [0.2, 0.25) is 5.91 Å². The fraction of sp³-hybridized carbons (Fsp3) is 0.455. The predicted molar refractivity (Wildman–Crippen MR) is 68.2 cm³/mol. The zero-order valence-corrected chi connectivity index (χ0v) is 11.4. The highest BCUT2D eigenvalue weighted by molar-refractivity contribution is 7.11. The van der Waals surface area contributed by atoms with Gasteiger partial charge in [-0.05, 0) is 13.8 Å². The first kappa shape index (κ1) is 12.7. The van der Waals surface area contributed by atoms with E-state index >= 15 is 0 Å². The highest BCUT2D eigenvalue weighted by Gasteiger charge is 2.07. The summed E-state index contributed by atoms with van der Waals surface area (Å²) >= 11 is 1.67. The van der Waals surface area contributed by atoms with Gasteiger partial charge in [0, 0.05) is 11.8 Å². The lowest BCUT2D eigenvalue weighted by atomic mass is 10.4. The van der Waals surface area contributed by atoms with Crippen LogP contribution in [0.4, 0.5) is 0 Å². The number of carbonyl (C=O) groups excluding carboxylic acids is 1. The van der Waals surface area contributed by atoms with Crippen LogP contribution >= 0.6 is 11.3 Å². The van der Waals surface area contributed by atoms with E-state index in [0.717, 1.165) is 16.4 Å². The first-order chi connectivity index (χ1) is 8.54. The highest BCUT2D eigenvalue weighted by Crippen LogP contribution is 2.17. The van der Waals surface area contributed by atoms with Crippen molar-refractivity contribution in [3.05, 3.63) is 27.5 Å². The summed E-state index contributed by atoms with van der Waals surface area (Å²) in [5, 5.41) is 11.8. The average Bonchev–Trinajstić information content (AvgIpc) is 2.84. The molecule has 0 aliphatic rings. The molecule has 0 aliphatic carbocycles. The Morgan fingerprint density at radius 1 is 1.50 bits per heavy atom. The Kier molecular flexibility index (Phi) is 3.71. The third kappa shape index (κ3) is 3.13. The molecule has 7 heteroatoms. The van der Waals surface area contributed by atoms with Crippen molar-refractivity contribution in [1.29, 1.82) is 0 Å². The molecular formula is C11H15N5OS. The monoisotopic (exact) mass is 265 g/mol. The van der Waals surface area contributed by atoms with Gasteiger partial charge in [0.05, 0.1) is 30.0 Å². The number of amides is 1. The molecule has 18 heavy (non-hydrogen) atoms. The number of hydrogen-bond donors (Lipinski definition) is 1. The lowest BCUT2D eigenvalue weighted by molar-refractivity contribution is -0.119. The summed E-state index contributed by atoms with van der Waals surface area (Å²) in [6.07, 6.45) is 1.84. The number of thiazole rings is 1. The van der Waals surface area contributed by atoms with Crippen LogP contribution in [0, 0.1) is 13.8 Å². The van der Waals surface area contributed by atoms with Crippen molar-refractivity contribution in [3.63, 3.8) is 0 Å². The highest BCUT2D eigenvalue weighted by atomic mass is 32.1. The molecule has 0 radical (unpaired) electrons. The molecule has 0 saturated heterocycles. The van der Waals surface area contributed by atoms with Crippen LogP contribution in [0.3, 0.4) is 0 Å². The molecule has 6 nitrogen and oxygen atoms in total. The molecule has 0 unspecified atom stereocenters. The number of aryl methyl sites for hydroxylation is 2. The summed E-state index contributed by atoms with van der Waals surface area (Å²) in [5.41, 5.74) is 1.79. The summed E-state index contributed by atoms with van der Waals surface area (Å²) in [5.74, 6) is -0.0709. The Balaban J connectivity index is 2.02. The van der Waals surface area contributed by atoms with E-state index in [4.69, 9.17) is 0 Å². The van der Waals surface area contributed by atoms with E-state index in [9.17, 15) is 4.79 Å². The quantitative estimate of drug-likeness (QED) is 0.896. The molecule has 0 spiro atoms. The van der Waals surface area contributed by atoms with Gasteiger partial charge in [0.1, 0.15) is 5.69 Å². The molecule has 2 aromatic rings. The van der Waals surface area contributed by atoms with Gasteiger partial charge in [-0.1, -0.05) is 5.21 Å². The molecule has 2 aromatic heterocycles. The molecule has 96 valence electrons. The van der Waals surface area contributed by atoms with Crippen LogP contribution in [0.15, 0.2) is 6.20 Å². The molecule has 2 heterocycles. The SMILES string of the molecule is CC(=O)NCc1cn(Cc2sc(C)nc2C)nn1. The molecule has 0 aliphatic heterocycles. The van der Waals surface area contributed by atoms with E-state index in [1.165, 1.54) is 11.8 Å². The van der Waals surface area contributed by atoms with E-state index in [1.54, 1.807) is 16.0 Å². The van der Waals surface area contributed by atoms with Gasteiger partial charge in [0.25, 0.3) is 0 Å². The largest absolute Gasteiger partial charge is 0.351 e. The smallest absolute Gasteiger partial charge is 0.217 e. The molecule has 1 N–H and O–H groups in total. The second-order valence-electron chi connectivity index (χ2n) is 4.06. The molecule has 0 atom stereocenters. The van der Waals surface area contributed by atoms with Gasteiger partial charge in [-0.15, -0.1) is 16.4 Å². The Labute approximate surface area is 109 Å². The zero-order chi connectivity index (χ0) is 13.1. The van der Waals surface area contributed by atoms with E-state index < -0.39 is 0 Å². The molecule has 0 aromatic carbocycles. The number of carbonyl (C=O) groups is 1. The standard InChI is InChI=1S/C11H15N5OS/c1-7-11(18-9(3)13-7)6-16-5-10(14-15-16)4-12-8(2)17/h5H,4,6H2,1-3H3,(H,12,17). The van der Waals surface area contributed by atoms with Gasteiger partial charge in [-0.2, -0.15) is 0 Å². The second kappa shape index (κ2) is 5.26. The van der Waals surface area contributed by atoms with Crippen molar-refractivity contribution in [3.8, 4) is 0 Å². The Bertz CT molecular complexity index is 560. The summed E-state index contributed by atoms with van der Waals surface area (Å²) in [6, 6.07) is 0. The van der Waals surface area contributed by atoms with Crippen molar-refractivity contribution < 1.29 is 4.79 Å². The first-order valence-corrected chi connectivity index (χ1v) is 6.42. The first-order valence-electron chi connectivity index (χ1n) is 5.61. The average molecular weight is 265 g/mol. The van der Waals surface area contributed by atoms with Crippen LogP contribution in [0.1, 0.15) is 28.2 Å². The van der Waals surface area contributed by atoms with Gasteiger partial charge < -0.3 is 5.32 Å². The maximum Gasteiger partial charge on any atom is 0.217 e. The fourth-order valence-electron chi connectivity index (χ4n) is 1.58. The minimum Gasteiger partial charge on any atom is -0.351 e. The topological polar surface area (TPSA) is 72.7 Å². The molecule has 0 saturated carbocycles.